The molecule has 0 aliphatic heterocycles. The highest BCUT2D eigenvalue weighted by molar-refractivity contribution is 9.11. The van der Waals surface area contributed by atoms with Crippen LogP contribution in [0.5, 0.6) is 0 Å². The Kier molecular flexibility index (Phi) is 5.66. The zero-order chi connectivity index (χ0) is 17.8. The Hall–Kier alpha value is -1.98. The maximum Gasteiger partial charge on any atom is 0.244 e. The SMILES string of the molecule is C/C(=N/NC(=O)Cc1ccc(Br)c2ccccc12)c1ccc(Br)cc1. The van der Waals surface area contributed by atoms with Gasteiger partial charge in [0.2, 0.25) is 5.91 Å². The molecule has 25 heavy (non-hydrogen) atoms. The van der Waals surface area contributed by atoms with Crippen molar-refractivity contribution in [3.63, 3.8) is 0 Å². The number of benzene rings is 3. The van der Waals surface area contributed by atoms with Crippen molar-refractivity contribution in [3.8, 4) is 0 Å². The summed E-state index contributed by atoms with van der Waals surface area (Å²) in [4.78, 5) is 12.3. The third-order valence-corrected chi connectivity index (χ3v) is 5.14. The molecule has 3 aromatic carbocycles. The first-order valence-corrected chi connectivity index (χ1v) is 9.38. The molecule has 0 aliphatic carbocycles. The van der Waals surface area contributed by atoms with E-state index in [4.69, 9.17) is 0 Å². The normalized spacial score (nSPS) is 11.6. The molecule has 0 radical (unpaired) electrons. The van der Waals surface area contributed by atoms with E-state index >= 15 is 0 Å². The number of hydrogen-bond acceptors (Lipinski definition) is 2. The fourth-order valence-corrected chi connectivity index (χ4v) is 3.34. The molecule has 0 saturated heterocycles. The largest absolute Gasteiger partial charge is 0.273 e. The summed E-state index contributed by atoms with van der Waals surface area (Å²) in [6.07, 6.45) is 0.283. The van der Waals surface area contributed by atoms with E-state index in [2.05, 4.69) is 42.4 Å². The highest BCUT2D eigenvalue weighted by Crippen LogP contribution is 2.27. The van der Waals surface area contributed by atoms with Crippen molar-refractivity contribution >= 4 is 54.3 Å². The lowest BCUT2D eigenvalue weighted by molar-refractivity contribution is -0.120. The number of hydrogen-bond donors (Lipinski definition) is 1. The van der Waals surface area contributed by atoms with E-state index in [1.807, 2.05) is 67.6 Å². The van der Waals surface area contributed by atoms with Gasteiger partial charge in [-0.05, 0) is 47.0 Å². The molecule has 0 spiro atoms. The van der Waals surface area contributed by atoms with Crippen molar-refractivity contribution in [1.82, 2.24) is 5.43 Å². The van der Waals surface area contributed by atoms with Crippen LogP contribution in [0, 0.1) is 0 Å². The molecule has 0 atom stereocenters. The molecule has 0 aliphatic rings. The minimum absolute atomic E-state index is 0.135. The average Bonchev–Trinajstić information content (AvgIpc) is 2.63. The number of nitrogens with zero attached hydrogens (tertiary/aromatic N) is 1. The van der Waals surface area contributed by atoms with Crippen molar-refractivity contribution in [1.29, 1.82) is 0 Å². The summed E-state index contributed by atoms with van der Waals surface area (Å²) in [6, 6.07) is 19.8. The van der Waals surface area contributed by atoms with Gasteiger partial charge in [-0.2, -0.15) is 5.10 Å². The highest BCUT2D eigenvalue weighted by Gasteiger charge is 2.08. The van der Waals surface area contributed by atoms with E-state index in [0.717, 1.165) is 36.6 Å². The van der Waals surface area contributed by atoms with Crippen LogP contribution in [0.25, 0.3) is 10.8 Å². The van der Waals surface area contributed by atoms with Crippen LogP contribution in [0.2, 0.25) is 0 Å². The molecule has 3 rings (SSSR count). The van der Waals surface area contributed by atoms with Gasteiger partial charge < -0.3 is 0 Å². The van der Waals surface area contributed by atoms with Gasteiger partial charge in [0, 0.05) is 8.95 Å². The van der Waals surface area contributed by atoms with Crippen molar-refractivity contribution in [2.75, 3.05) is 0 Å². The Morgan fingerprint density at radius 3 is 2.36 bits per heavy atom. The molecule has 1 amide bonds. The van der Waals surface area contributed by atoms with Crippen molar-refractivity contribution in [2.24, 2.45) is 5.10 Å². The third kappa shape index (κ3) is 4.35. The predicted octanol–water partition coefficient (Wildman–Crippen LogP) is 5.45. The number of amides is 1. The Bertz CT molecular complexity index is 950. The zero-order valence-corrected chi connectivity index (χ0v) is 16.8. The van der Waals surface area contributed by atoms with E-state index in [1.54, 1.807) is 0 Å². The molecular weight excluding hydrogens is 444 g/mol. The monoisotopic (exact) mass is 458 g/mol. The lowest BCUT2D eigenvalue weighted by atomic mass is 10.0. The van der Waals surface area contributed by atoms with Crippen LogP contribution in [0.4, 0.5) is 0 Å². The molecule has 0 fully saturated rings. The predicted molar refractivity (Wildman–Crippen MR) is 110 cm³/mol. The lowest BCUT2D eigenvalue weighted by Gasteiger charge is -2.08. The van der Waals surface area contributed by atoms with Gasteiger partial charge in [-0.1, -0.05) is 74.3 Å². The van der Waals surface area contributed by atoms with Crippen LogP contribution in [-0.4, -0.2) is 11.6 Å². The molecular formula is C20H16Br2N2O. The number of rotatable bonds is 4. The summed E-state index contributed by atoms with van der Waals surface area (Å²) in [7, 11) is 0. The Morgan fingerprint density at radius 1 is 0.960 bits per heavy atom. The smallest absolute Gasteiger partial charge is 0.244 e. The first kappa shape index (κ1) is 17.8. The van der Waals surface area contributed by atoms with Gasteiger partial charge in [0.1, 0.15) is 0 Å². The summed E-state index contributed by atoms with van der Waals surface area (Å²) >= 11 is 6.96. The van der Waals surface area contributed by atoms with Gasteiger partial charge in [-0.15, -0.1) is 0 Å². The van der Waals surface area contributed by atoms with Crippen molar-refractivity contribution in [2.45, 2.75) is 13.3 Å². The molecule has 5 heteroatoms. The Balaban J connectivity index is 1.74. The first-order chi connectivity index (χ1) is 12.0. The molecule has 0 unspecified atom stereocenters. The van der Waals surface area contributed by atoms with Gasteiger partial charge in [0.05, 0.1) is 12.1 Å². The maximum absolute atomic E-state index is 12.3. The molecule has 0 aromatic heterocycles. The zero-order valence-electron chi connectivity index (χ0n) is 13.6. The van der Waals surface area contributed by atoms with Crippen molar-refractivity contribution < 1.29 is 4.79 Å². The average molecular weight is 460 g/mol. The summed E-state index contributed by atoms with van der Waals surface area (Å²) < 4.78 is 2.03. The summed E-state index contributed by atoms with van der Waals surface area (Å²) in [5.74, 6) is -0.135. The molecule has 3 nitrogen and oxygen atoms in total. The third-order valence-electron chi connectivity index (χ3n) is 3.92. The second-order valence-electron chi connectivity index (χ2n) is 5.67. The second-order valence-corrected chi connectivity index (χ2v) is 7.44. The number of nitrogens with one attached hydrogen (secondary N) is 1. The molecule has 0 heterocycles. The summed E-state index contributed by atoms with van der Waals surface area (Å²) in [5.41, 5.74) is 5.36. The van der Waals surface area contributed by atoms with E-state index in [0.29, 0.717) is 0 Å². The quantitative estimate of drug-likeness (QED) is 0.409. The molecule has 3 aromatic rings. The van der Waals surface area contributed by atoms with Gasteiger partial charge in [-0.3, -0.25) is 4.79 Å². The van der Waals surface area contributed by atoms with Gasteiger partial charge in [-0.25, -0.2) is 5.43 Å². The minimum atomic E-state index is -0.135. The maximum atomic E-state index is 12.3. The van der Waals surface area contributed by atoms with Gasteiger partial charge in [0.25, 0.3) is 0 Å². The molecule has 126 valence electrons. The van der Waals surface area contributed by atoms with E-state index in [-0.39, 0.29) is 12.3 Å². The number of hydrazone groups is 1. The van der Waals surface area contributed by atoms with Crippen LogP contribution in [0.1, 0.15) is 18.1 Å². The van der Waals surface area contributed by atoms with Crippen LogP contribution < -0.4 is 5.43 Å². The number of fused-ring (bicyclic) bond motifs is 1. The summed E-state index contributed by atoms with van der Waals surface area (Å²) in [6.45, 7) is 1.87. The van der Waals surface area contributed by atoms with Crippen molar-refractivity contribution in [3.05, 3.63) is 80.7 Å². The summed E-state index contributed by atoms with van der Waals surface area (Å²) in [5, 5.41) is 6.38. The Labute approximate surface area is 163 Å². The fourth-order valence-electron chi connectivity index (χ4n) is 2.59. The standard InChI is InChI=1S/C20H16Br2N2O/c1-13(14-6-9-16(21)10-7-14)23-24-20(25)12-15-8-11-19(22)18-5-3-2-4-17(15)18/h2-11H,12H2,1H3,(H,24,25)/b23-13-. The highest BCUT2D eigenvalue weighted by atomic mass is 79.9. The first-order valence-electron chi connectivity index (χ1n) is 7.80. The van der Waals surface area contributed by atoms with Crippen LogP contribution in [0.3, 0.4) is 0 Å². The topological polar surface area (TPSA) is 41.5 Å². The Morgan fingerprint density at radius 2 is 1.64 bits per heavy atom. The molecule has 1 N–H and O–H groups in total. The fraction of sp³-hybridized carbons (Fsp3) is 0.100. The van der Waals surface area contributed by atoms with Crippen LogP contribution in [-0.2, 0) is 11.2 Å². The molecule has 0 saturated carbocycles. The van der Waals surface area contributed by atoms with Crippen LogP contribution in [0.15, 0.2) is 74.7 Å². The number of carbonyl (C=O) groups excluding carboxylic acids is 1. The lowest BCUT2D eigenvalue weighted by Crippen LogP contribution is -2.21. The van der Waals surface area contributed by atoms with Crippen LogP contribution >= 0.6 is 31.9 Å². The minimum Gasteiger partial charge on any atom is -0.273 e. The number of halogens is 2. The molecule has 0 bridgehead atoms. The van der Waals surface area contributed by atoms with Gasteiger partial charge in [0.15, 0.2) is 0 Å². The number of carbonyl (C=O) groups is 1. The van der Waals surface area contributed by atoms with E-state index in [1.165, 1.54) is 0 Å². The second kappa shape index (κ2) is 7.93. The van der Waals surface area contributed by atoms with E-state index < -0.39 is 0 Å². The van der Waals surface area contributed by atoms with Gasteiger partial charge >= 0.3 is 0 Å². The van der Waals surface area contributed by atoms with E-state index in [9.17, 15) is 4.79 Å².